The smallest absolute Gasteiger partial charge is 0.408 e. The Morgan fingerprint density at radius 2 is 1.84 bits per heavy atom. The van der Waals surface area contributed by atoms with Gasteiger partial charge in [0.05, 0.1) is 24.7 Å². The molecule has 0 aliphatic rings. The SMILES string of the molecule is CCOC(=O)C=C[C@H](CCCN(C(=N)N)S(=O)(=O)c1c(C)cc(OC)c(C)c1C)NC(=O)OC(C)(C)C. The first-order valence-electron chi connectivity index (χ1n) is 11.9. The Morgan fingerprint density at radius 1 is 1.22 bits per heavy atom. The highest BCUT2D eigenvalue weighted by Gasteiger charge is 2.30. The average molecular weight is 541 g/mol. The minimum Gasteiger partial charge on any atom is -0.496 e. The first-order valence-corrected chi connectivity index (χ1v) is 13.3. The molecule has 11 nitrogen and oxygen atoms in total. The van der Waals surface area contributed by atoms with Gasteiger partial charge in [0.2, 0.25) is 5.96 Å². The van der Waals surface area contributed by atoms with Crippen molar-refractivity contribution in [2.24, 2.45) is 5.73 Å². The summed E-state index contributed by atoms with van der Waals surface area (Å²) in [4.78, 5) is 24.1. The first-order chi connectivity index (χ1) is 17.0. The Hall–Kier alpha value is -3.28. The van der Waals surface area contributed by atoms with E-state index in [0.717, 1.165) is 4.31 Å². The third-order valence-electron chi connectivity index (χ3n) is 5.34. The van der Waals surface area contributed by atoms with E-state index < -0.39 is 39.7 Å². The third-order valence-corrected chi connectivity index (χ3v) is 7.45. The number of amides is 1. The van der Waals surface area contributed by atoms with Crippen LogP contribution in [0.15, 0.2) is 23.1 Å². The molecule has 0 saturated heterocycles. The third kappa shape index (κ3) is 9.27. The highest BCUT2D eigenvalue weighted by atomic mass is 32.2. The van der Waals surface area contributed by atoms with E-state index in [4.69, 9.17) is 25.4 Å². The summed E-state index contributed by atoms with van der Waals surface area (Å²) in [6, 6.07) is 0.969. The van der Waals surface area contributed by atoms with Gasteiger partial charge in [-0.1, -0.05) is 6.08 Å². The molecular weight excluding hydrogens is 500 g/mol. The van der Waals surface area contributed by atoms with Gasteiger partial charge < -0.3 is 25.3 Å². The second-order valence-electron chi connectivity index (χ2n) is 9.44. The lowest BCUT2D eigenvalue weighted by Gasteiger charge is -2.26. The summed E-state index contributed by atoms with van der Waals surface area (Å²) in [6.07, 6.45) is 2.39. The van der Waals surface area contributed by atoms with Gasteiger partial charge in [-0.15, -0.1) is 0 Å². The number of carbonyl (C=O) groups excluding carboxylic acids is 2. The topological polar surface area (TPSA) is 161 Å². The Morgan fingerprint density at radius 3 is 2.35 bits per heavy atom. The van der Waals surface area contributed by atoms with Crippen LogP contribution in [-0.4, -0.2) is 62.6 Å². The molecule has 208 valence electrons. The molecule has 0 aromatic heterocycles. The van der Waals surface area contributed by atoms with Crippen molar-refractivity contribution < 1.29 is 32.2 Å². The van der Waals surface area contributed by atoms with Crippen LogP contribution in [0.3, 0.4) is 0 Å². The van der Waals surface area contributed by atoms with E-state index in [2.05, 4.69) is 5.32 Å². The van der Waals surface area contributed by atoms with E-state index >= 15 is 0 Å². The molecule has 0 saturated carbocycles. The number of sulfonamides is 1. The lowest BCUT2D eigenvalue weighted by Crippen LogP contribution is -2.43. The lowest BCUT2D eigenvalue weighted by molar-refractivity contribution is -0.137. The van der Waals surface area contributed by atoms with Crippen LogP contribution in [0.5, 0.6) is 5.75 Å². The normalized spacial score (nSPS) is 12.6. The number of hydrogen-bond donors (Lipinski definition) is 3. The van der Waals surface area contributed by atoms with Crippen molar-refractivity contribution in [1.29, 1.82) is 5.41 Å². The number of benzene rings is 1. The number of carbonyl (C=O) groups is 2. The van der Waals surface area contributed by atoms with E-state index in [-0.39, 0.29) is 30.9 Å². The van der Waals surface area contributed by atoms with Crippen LogP contribution < -0.4 is 15.8 Å². The summed E-state index contributed by atoms with van der Waals surface area (Å²) in [5, 5.41) is 10.6. The Bertz CT molecular complexity index is 1120. The molecular formula is C25H40N4O7S. The zero-order valence-corrected chi connectivity index (χ0v) is 23.7. The van der Waals surface area contributed by atoms with Gasteiger partial charge in [0.25, 0.3) is 10.0 Å². The van der Waals surface area contributed by atoms with Gasteiger partial charge in [-0.3, -0.25) is 5.41 Å². The Labute approximate surface area is 219 Å². The minimum atomic E-state index is -4.16. The van der Waals surface area contributed by atoms with Gasteiger partial charge in [0.15, 0.2) is 0 Å². The molecule has 1 aromatic carbocycles. The number of nitrogens with one attached hydrogen (secondary N) is 2. The van der Waals surface area contributed by atoms with Gasteiger partial charge >= 0.3 is 12.1 Å². The van der Waals surface area contributed by atoms with Gasteiger partial charge in [-0.2, -0.15) is 0 Å². The molecule has 1 rings (SSSR count). The fourth-order valence-electron chi connectivity index (χ4n) is 3.63. The highest BCUT2D eigenvalue weighted by molar-refractivity contribution is 7.89. The van der Waals surface area contributed by atoms with Crippen LogP contribution in [0.25, 0.3) is 0 Å². The summed E-state index contributed by atoms with van der Waals surface area (Å²) in [7, 11) is -2.65. The molecule has 0 aliphatic carbocycles. The van der Waals surface area contributed by atoms with Crippen LogP contribution in [0.4, 0.5) is 4.79 Å². The molecule has 37 heavy (non-hydrogen) atoms. The van der Waals surface area contributed by atoms with E-state index in [0.29, 0.717) is 22.4 Å². The molecule has 1 amide bonds. The zero-order chi connectivity index (χ0) is 28.6. The molecule has 0 unspecified atom stereocenters. The van der Waals surface area contributed by atoms with E-state index in [9.17, 15) is 18.0 Å². The summed E-state index contributed by atoms with van der Waals surface area (Å²) in [5.41, 5.74) is 6.60. The average Bonchev–Trinajstić information content (AvgIpc) is 2.75. The van der Waals surface area contributed by atoms with Crippen molar-refractivity contribution in [3.8, 4) is 5.75 Å². The Kier molecular flexibility index (Phi) is 11.4. The number of esters is 1. The predicted octanol–water partition coefficient (Wildman–Crippen LogP) is 3.30. The number of aryl methyl sites for hydroxylation is 1. The number of methoxy groups -OCH3 is 1. The monoisotopic (exact) mass is 540 g/mol. The van der Waals surface area contributed by atoms with Crippen molar-refractivity contribution >= 4 is 28.0 Å². The summed E-state index contributed by atoms with van der Waals surface area (Å²) >= 11 is 0. The van der Waals surface area contributed by atoms with Crippen LogP contribution in [0.2, 0.25) is 0 Å². The molecule has 4 N–H and O–H groups in total. The van der Waals surface area contributed by atoms with Gasteiger partial charge in [0.1, 0.15) is 11.4 Å². The van der Waals surface area contributed by atoms with Crippen molar-refractivity contribution in [2.45, 2.75) is 77.8 Å². The number of nitrogens with zero attached hydrogens (tertiary/aromatic N) is 1. The zero-order valence-electron chi connectivity index (χ0n) is 22.9. The molecule has 0 bridgehead atoms. The molecule has 0 radical (unpaired) electrons. The molecule has 0 aliphatic heterocycles. The molecule has 0 fully saturated rings. The molecule has 0 spiro atoms. The highest BCUT2D eigenvalue weighted by Crippen LogP contribution is 2.32. The Balaban J connectivity index is 3.16. The molecule has 0 heterocycles. The van der Waals surface area contributed by atoms with Crippen LogP contribution >= 0.6 is 0 Å². The second kappa shape index (κ2) is 13.3. The first kappa shape index (κ1) is 31.7. The number of alkyl carbamates (subject to hydrolysis) is 1. The fourth-order valence-corrected chi connectivity index (χ4v) is 5.48. The van der Waals surface area contributed by atoms with Crippen molar-refractivity contribution in [2.75, 3.05) is 20.3 Å². The van der Waals surface area contributed by atoms with E-state index in [1.807, 2.05) is 0 Å². The number of guanidine groups is 1. The summed E-state index contributed by atoms with van der Waals surface area (Å²) < 4.78 is 43.5. The standard InChI is InChI=1S/C25H40N4O7S/c1-9-35-21(30)13-12-19(28-24(31)36-25(5,6)7)11-10-14-29(23(26)27)37(32,33)22-16(2)15-20(34-8)17(3)18(22)4/h12-13,15,19H,9-11,14H2,1-8H3,(H3,26,27)(H,28,31)/t19-/m0/s1. The number of rotatable bonds is 11. The van der Waals surface area contributed by atoms with E-state index in [1.165, 1.54) is 19.3 Å². The minimum absolute atomic E-state index is 0.0617. The summed E-state index contributed by atoms with van der Waals surface area (Å²) in [5.74, 6) is -0.647. The number of hydrogen-bond acceptors (Lipinski definition) is 8. The van der Waals surface area contributed by atoms with Gasteiger partial charge in [-0.05, 0) is 84.1 Å². The molecule has 12 heteroatoms. The maximum Gasteiger partial charge on any atom is 0.408 e. The predicted molar refractivity (Wildman–Crippen MR) is 141 cm³/mol. The van der Waals surface area contributed by atoms with Gasteiger partial charge in [-0.25, -0.2) is 22.3 Å². The maximum atomic E-state index is 13.6. The molecule has 1 aromatic rings. The van der Waals surface area contributed by atoms with Crippen LogP contribution in [0.1, 0.15) is 57.2 Å². The molecule has 1 atom stereocenters. The second-order valence-corrected chi connectivity index (χ2v) is 11.2. The lowest BCUT2D eigenvalue weighted by atomic mass is 10.1. The van der Waals surface area contributed by atoms with Gasteiger partial charge in [0, 0.05) is 12.6 Å². The van der Waals surface area contributed by atoms with Crippen molar-refractivity contribution in [3.05, 3.63) is 34.9 Å². The van der Waals surface area contributed by atoms with Crippen molar-refractivity contribution in [1.82, 2.24) is 9.62 Å². The largest absolute Gasteiger partial charge is 0.496 e. The quantitative estimate of drug-likeness (QED) is 0.167. The van der Waals surface area contributed by atoms with E-state index in [1.54, 1.807) is 54.5 Å². The van der Waals surface area contributed by atoms with Crippen molar-refractivity contribution in [3.63, 3.8) is 0 Å². The number of ether oxygens (including phenoxy) is 3. The number of nitrogens with two attached hydrogens (primary N) is 1. The van der Waals surface area contributed by atoms with Crippen LogP contribution in [0, 0.1) is 26.2 Å². The fraction of sp³-hybridized carbons (Fsp3) is 0.560. The van der Waals surface area contributed by atoms with Crippen LogP contribution in [-0.2, 0) is 24.3 Å². The maximum absolute atomic E-state index is 13.6. The summed E-state index contributed by atoms with van der Waals surface area (Å²) in [6.45, 7) is 12.0.